The Morgan fingerprint density at radius 2 is 1.95 bits per heavy atom. The molecule has 1 rings (SSSR count). The molecule has 0 fully saturated rings. The van der Waals surface area contributed by atoms with Crippen LogP contribution >= 0.6 is 0 Å². The van der Waals surface area contributed by atoms with Gasteiger partial charge < -0.3 is 10.6 Å². The predicted octanol–water partition coefficient (Wildman–Crippen LogP) is 2.93. The lowest BCUT2D eigenvalue weighted by atomic mass is 10.1. The summed E-state index contributed by atoms with van der Waals surface area (Å²) >= 11 is 0. The molecule has 2 nitrogen and oxygen atoms in total. The first-order chi connectivity index (χ1) is 8.84. The number of likely N-dealkylation sites (N-methyl/N-ethyl adjacent to an activating group) is 1. The molecule has 108 valence electrons. The van der Waals surface area contributed by atoms with Gasteiger partial charge in [-0.2, -0.15) is 13.2 Å². The van der Waals surface area contributed by atoms with Crippen LogP contribution in [0.3, 0.4) is 0 Å². The zero-order valence-electron chi connectivity index (χ0n) is 10.9. The summed E-state index contributed by atoms with van der Waals surface area (Å²) in [5.41, 5.74) is -0.803. The minimum Gasteiger partial charge on any atom is -0.315 e. The Hall–Kier alpha value is -1.14. The van der Waals surface area contributed by atoms with Crippen molar-refractivity contribution in [1.82, 2.24) is 10.6 Å². The summed E-state index contributed by atoms with van der Waals surface area (Å²) in [6.07, 6.45) is -4.66. The van der Waals surface area contributed by atoms with Crippen molar-refractivity contribution in [2.24, 2.45) is 0 Å². The van der Waals surface area contributed by atoms with Crippen LogP contribution in [0, 0.1) is 5.82 Å². The molecule has 1 aromatic rings. The van der Waals surface area contributed by atoms with Gasteiger partial charge in [-0.15, -0.1) is 0 Å². The highest BCUT2D eigenvalue weighted by Gasteiger charge is 2.34. The van der Waals surface area contributed by atoms with Crippen LogP contribution in [-0.2, 0) is 12.7 Å². The lowest BCUT2D eigenvalue weighted by Crippen LogP contribution is -2.35. The van der Waals surface area contributed by atoms with E-state index in [1.165, 1.54) is 6.07 Å². The number of hydrogen-bond acceptors (Lipinski definition) is 2. The number of halogens is 4. The lowest BCUT2D eigenvalue weighted by Gasteiger charge is -2.15. The van der Waals surface area contributed by atoms with Crippen LogP contribution in [0.4, 0.5) is 17.6 Å². The molecule has 1 unspecified atom stereocenters. The number of benzene rings is 1. The van der Waals surface area contributed by atoms with E-state index in [9.17, 15) is 17.6 Å². The maximum atomic E-state index is 13.1. The highest BCUT2D eigenvalue weighted by atomic mass is 19.4. The molecular weight excluding hydrogens is 260 g/mol. The zero-order chi connectivity index (χ0) is 14.5. The third kappa shape index (κ3) is 5.16. The van der Waals surface area contributed by atoms with Crippen molar-refractivity contribution in [2.45, 2.75) is 32.6 Å². The largest absolute Gasteiger partial charge is 0.419 e. The molecule has 0 aromatic heterocycles. The minimum atomic E-state index is -4.66. The van der Waals surface area contributed by atoms with E-state index in [0.717, 1.165) is 25.2 Å². The van der Waals surface area contributed by atoms with Crippen molar-refractivity contribution in [3.63, 3.8) is 0 Å². The van der Waals surface area contributed by atoms with E-state index in [2.05, 4.69) is 10.6 Å². The standard InChI is InChI=1S/C13H18F4N2/c1-3-18-7-9(2)19-8-10-4-5-12(14)11(6-10)13(15,16)17/h4-6,9,18-19H,3,7-8H2,1-2H3. The molecule has 1 atom stereocenters. The van der Waals surface area contributed by atoms with Gasteiger partial charge in [-0.25, -0.2) is 4.39 Å². The SMILES string of the molecule is CCNCC(C)NCc1ccc(F)c(C(F)(F)F)c1. The number of alkyl halides is 3. The number of hydrogen-bond donors (Lipinski definition) is 2. The first kappa shape index (κ1) is 15.9. The minimum absolute atomic E-state index is 0.124. The molecule has 0 radical (unpaired) electrons. The van der Waals surface area contributed by atoms with Crippen molar-refractivity contribution in [2.75, 3.05) is 13.1 Å². The summed E-state index contributed by atoms with van der Waals surface area (Å²) in [5, 5.41) is 6.21. The van der Waals surface area contributed by atoms with Crippen molar-refractivity contribution in [3.8, 4) is 0 Å². The summed E-state index contributed by atoms with van der Waals surface area (Å²) in [5.74, 6) is -1.24. The fourth-order valence-corrected chi connectivity index (χ4v) is 1.62. The van der Waals surface area contributed by atoms with Crippen LogP contribution in [-0.4, -0.2) is 19.1 Å². The van der Waals surface area contributed by atoms with E-state index in [1.54, 1.807) is 0 Å². The van der Waals surface area contributed by atoms with Gasteiger partial charge in [0.1, 0.15) is 5.82 Å². The molecule has 0 aliphatic heterocycles. The fraction of sp³-hybridized carbons (Fsp3) is 0.538. The molecular formula is C13H18F4N2. The Morgan fingerprint density at radius 1 is 1.26 bits per heavy atom. The van der Waals surface area contributed by atoms with Gasteiger partial charge in [0, 0.05) is 19.1 Å². The Labute approximate surface area is 110 Å². The van der Waals surface area contributed by atoms with Crippen molar-refractivity contribution >= 4 is 0 Å². The summed E-state index contributed by atoms with van der Waals surface area (Å²) in [7, 11) is 0. The van der Waals surface area contributed by atoms with Crippen molar-refractivity contribution < 1.29 is 17.6 Å². The third-order valence-electron chi connectivity index (χ3n) is 2.69. The fourth-order valence-electron chi connectivity index (χ4n) is 1.62. The van der Waals surface area contributed by atoms with Gasteiger partial charge in [0.2, 0.25) is 0 Å². The second-order valence-corrected chi connectivity index (χ2v) is 4.40. The van der Waals surface area contributed by atoms with E-state index in [0.29, 0.717) is 5.56 Å². The first-order valence-corrected chi connectivity index (χ1v) is 6.14. The Kier molecular flexibility index (Phi) is 5.75. The molecule has 0 spiro atoms. The normalized spacial score (nSPS) is 13.6. The van der Waals surface area contributed by atoms with Gasteiger partial charge in [0.15, 0.2) is 0 Å². The molecule has 0 aliphatic rings. The summed E-state index contributed by atoms with van der Waals surface area (Å²) in [6.45, 7) is 5.74. The van der Waals surface area contributed by atoms with E-state index in [4.69, 9.17) is 0 Å². The Balaban J connectivity index is 2.65. The van der Waals surface area contributed by atoms with Gasteiger partial charge in [0.25, 0.3) is 0 Å². The molecule has 0 saturated heterocycles. The number of nitrogens with one attached hydrogen (secondary N) is 2. The third-order valence-corrected chi connectivity index (χ3v) is 2.69. The van der Waals surface area contributed by atoms with Crippen LogP contribution in [0.15, 0.2) is 18.2 Å². The van der Waals surface area contributed by atoms with Gasteiger partial charge in [0.05, 0.1) is 5.56 Å². The van der Waals surface area contributed by atoms with Crippen LogP contribution in [0.2, 0.25) is 0 Å². The topological polar surface area (TPSA) is 24.1 Å². The smallest absolute Gasteiger partial charge is 0.315 e. The molecule has 2 N–H and O–H groups in total. The molecule has 0 aliphatic carbocycles. The van der Waals surface area contributed by atoms with Gasteiger partial charge in [-0.3, -0.25) is 0 Å². The molecule has 6 heteroatoms. The molecule has 1 aromatic carbocycles. The maximum absolute atomic E-state index is 13.1. The van der Waals surface area contributed by atoms with E-state index in [-0.39, 0.29) is 12.6 Å². The average molecular weight is 278 g/mol. The van der Waals surface area contributed by atoms with Gasteiger partial charge in [-0.1, -0.05) is 13.0 Å². The molecule has 0 heterocycles. The highest BCUT2D eigenvalue weighted by Crippen LogP contribution is 2.31. The monoisotopic (exact) mass is 278 g/mol. The van der Waals surface area contributed by atoms with Gasteiger partial charge >= 0.3 is 6.18 Å². The van der Waals surface area contributed by atoms with E-state index >= 15 is 0 Å². The average Bonchev–Trinajstić information content (AvgIpc) is 2.34. The lowest BCUT2D eigenvalue weighted by molar-refractivity contribution is -0.140. The van der Waals surface area contributed by atoms with Crippen LogP contribution in [0.25, 0.3) is 0 Å². The first-order valence-electron chi connectivity index (χ1n) is 6.14. The second-order valence-electron chi connectivity index (χ2n) is 4.40. The van der Waals surface area contributed by atoms with Gasteiger partial charge in [-0.05, 0) is 31.2 Å². The highest BCUT2D eigenvalue weighted by molar-refractivity contribution is 5.27. The summed E-state index contributed by atoms with van der Waals surface area (Å²) in [6, 6.07) is 3.19. The second kappa shape index (κ2) is 6.86. The molecule has 19 heavy (non-hydrogen) atoms. The van der Waals surface area contributed by atoms with Crippen LogP contribution in [0.5, 0.6) is 0 Å². The predicted molar refractivity (Wildman–Crippen MR) is 66.2 cm³/mol. The van der Waals surface area contributed by atoms with Crippen molar-refractivity contribution in [3.05, 3.63) is 35.1 Å². The summed E-state index contributed by atoms with van der Waals surface area (Å²) in [4.78, 5) is 0. The molecule has 0 bridgehead atoms. The van der Waals surface area contributed by atoms with E-state index in [1.807, 2.05) is 13.8 Å². The van der Waals surface area contributed by atoms with Crippen LogP contribution in [0.1, 0.15) is 25.0 Å². The quantitative estimate of drug-likeness (QED) is 0.782. The maximum Gasteiger partial charge on any atom is 0.419 e. The number of rotatable bonds is 6. The Bertz CT molecular complexity index is 404. The van der Waals surface area contributed by atoms with Crippen molar-refractivity contribution in [1.29, 1.82) is 0 Å². The summed E-state index contributed by atoms with van der Waals surface area (Å²) < 4.78 is 50.7. The molecule has 0 saturated carbocycles. The molecule has 0 amide bonds. The Morgan fingerprint density at radius 3 is 2.53 bits per heavy atom. The van der Waals surface area contributed by atoms with E-state index < -0.39 is 17.6 Å². The zero-order valence-corrected chi connectivity index (χ0v) is 10.9. The van der Waals surface area contributed by atoms with Crippen LogP contribution < -0.4 is 10.6 Å².